The van der Waals surface area contributed by atoms with Crippen LogP contribution in [0.5, 0.6) is 0 Å². The van der Waals surface area contributed by atoms with Gasteiger partial charge < -0.3 is 0 Å². The van der Waals surface area contributed by atoms with Crippen LogP contribution in [0.4, 0.5) is 4.39 Å². The van der Waals surface area contributed by atoms with Crippen molar-refractivity contribution in [3.8, 4) is 5.69 Å². The lowest BCUT2D eigenvalue weighted by atomic mass is 10.2. The first kappa shape index (κ1) is 16.9. The predicted molar refractivity (Wildman–Crippen MR) is 95.7 cm³/mol. The molecule has 0 aliphatic carbocycles. The van der Waals surface area contributed by atoms with Gasteiger partial charge in [-0.15, -0.1) is 5.10 Å². The van der Waals surface area contributed by atoms with E-state index in [2.05, 4.69) is 15.3 Å². The van der Waals surface area contributed by atoms with E-state index in [0.717, 1.165) is 22.5 Å². The number of halogens is 1. The maximum Gasteiger partial charge on any atom is 0.233 e. The van der Waals surface area contributed by atoms with Gasteiger partial charge in [-0.1, -0.05) is 41.2 Å². The third-order valence-corrected chi connectivity index (χ3v) is 4.36. The number of aryl methyl sites for hydroxylation is 1. The minimum Gasteiger partial charge on any atom is -0.292 e. The molecule has 7 heteroatoms. The smallest absolute Gasteiger partial charge is 0.233 e. The van der Waals surface area contributed by atoms with E-state index in [1.54, 1.807) is 18.3 Å². The SMILES string of the molecule is CC(=O)c1nn(-c2ccc(F)cc2)c(=NN=Cc2ccc(C)cc2)s1. The van der Waals surface area contributed by atoms with Gasteiger partial charge in [-0.25, -0.2) is 9.07 Å². The number of carbonyl (C=O) groups is 1. The van der Waals surface area contributed by atoms with Crippen LogP contribution in [0.2, 0.25) is 0 Å². The van der Waals surface area contributed by atoms with Crippen molar-refractivity contribution in [2.45, 2.75) is 13.8 Å². The minimum absolute atomic E-state index is 0.162. The Bertz CT molecular complexity index is 985. The first-order valence-corrected chi connectivity index (χ1v) is 8.35. The summed E-state index contributed by atoms with van der Waals surface area (Å²) in [6.07, 6.45) is 1.63. The molecule has 0 atom stereocenters. The van der Waals surface area contributed by atoms with Crippen molar-refractivity contribution < 1.29 is 9.18 Å². The van der Waals surface area contributed by atoms with Gasteiger partial charge in [-0.2, -0.15) is 10.2 Å². The van der Waals surface area contributed by atoms with Crippen molar-refractivity contribution in [2.75, 3.05) is 0 Å². The fourth-order valence-corrected chi connectivity index (χ4v) is 2.80. The van der Waals surface area contributed by atoms with E-state index in [-0.39, 0.29) is 11.6 Å². The van der Waals surface area contributed by atoms with Gasteiger partial charge in [0.2, 0.25) is 4.80 Å². The minimum atomic E-state index is -0.345. The van der Waals surface area contributed by atoms with Crippen molar-refractivity contribution in [3.05, 3.63) is 75.3 Å². The summed E-state index contributed by atoms with van der Waals surface area (Å²) in [6.45, 7) is 3.45. The Morgan fingerprint density at radius 1 is 1.16 bits per heavy atom. The van der Waals surface area contributed by atoms with Crippen LogP contribution < -0.4 is 4.80 Å². The highest BCUT2D eigenvalue weighted by molar-refractivity contribution is 7.10. The first-order valence-electron chi connectivity index (χ1n) is 7.54. The van der Waals surface area contributed by atoms with Crippen molar-refractivity contribution in [2.24, 2.45) is 10.2 Å². The summed E-state index contributed by atoms with van der Waals surface area (Å²) in [5.41, 5.74) is 2.69. The Hall–Kier alpha value is -2.93. The lowest BCUT2D eigenvalue weighted by Crippen LogP contribution is -2.14. The van der Waals surface area contributed by atoms with Gasteiger partial charge in [0, 0.05) is 6.92 Å². The van der Waals surface area contributed by atoms with Crippen LogP contribution in [0.25, 0.3) is 5.69 Å². The zero-order valence-corrected chi connectivity index (χ0v) is 14.5. The fourth-order valence-electron chi connectivity index (χ4n) is 2.04. The van der Waals surface area contributed by atoms with Crippen LogP contribution in [-0.4, -0.2) is 21.8 Å². The van der Waals surface area contributed by atoms with Crippen molar-refractivity contribution in [1.82, 2.24) is 9.78 Å². The van der Waals surface area contributed by atoms with Gasteiger partial charge in [0.1, 0.15) is 5.82 Å². The molecule has 0 fully saturated rings. The lowest BCUT2D eigenvalue weighted by molar-refractivity contribution is 0.101. The molecule has 0 bridgehead atoms. The highest BCUT2D eigenvalue weighted by Gasteiger charge is 2.10. The largest absolute Gasteiger partial charge is 0.292 e. The van der Waals surface area contributed by atoms with Crippen LogP contribution in [0.15, 0.2) is 58.7 Å². The topological polar surface area (TPSA) is 59.6 Å². The first-order chi connectivity index (χ1) is 12.0. The van der Waals surface area contributed by atoms with E-state index in [1.807, 2.05) is 31.2 Å². The summed E-state index contributed by atoms with van der Waals surface area (Å²) in [5, 5.41) is 12.8. The standard InChI is InChI=1S/C18H15FN4OS/c1-12-3-5-14(6-4-12)11-20-21-18-23(22-17(25-18)13(2)24)16-9-7-15(19)8-10-16/h3-11H,1-2H3. The Morgan fingerprint density at radius 2 is 1.84 bits per heavy atom. The van der Waals surface area contributed by atoms with Gasteiger partial charge in [-0.3, -0.25) is 4.79 Å². The molecule has 126 valence electrons. The molecule has 0 saturated carbocycles. The molecule has 1 aromatic heterocycles. The molecule has 0 aliphatic heterocycles. The number of benzene rings is 2. The Kier molecular flexibility index (Phi) is 4.95. The average molecular weight is 354 g/mol. The second-order valence-corrected chi connectivity index (χ2v) is 6.35. The molecule has 0 radical (unpaired) electrons. The van der Waals surface area contributed by atoms with Gasteiger partial charge >= 0.3 is 0 Å². The van der Waals surface area contributed by atoms with E-state index in [9.17, 15) is 9.18 Å². The molecule has 5 nitrogen and oxygen atoms in total. The summed E-state index contributed by atoms with van der Waals surface area (Å²) in [7, 11) is 0. The second-order valence-electron chi connectivity index (χ2n) is 5.39. The molecule has 1 heterocycles. The van der Waals surface area contributed by atoms with Crippen LogP contribution in [-0.2, 0) is 0 Å². The maximum atomic E-state index is 13.1. The average Bonchev–Trinajstić information content (AvgIpc) is 3.02. The molecule has 0 unspecified atom stereocenters. The summed E-state index contributed by atoms with van der Waals surface area (Å²) in [6, 6.07) is 13.7. The van der Waals surface area contributed by atoms with Gasteiger partial charge in [0.25, 0.3) is 0 Å². The summed E-state index contributed by atoms with van der Waals surface area (Å²) >= 11 is 1.13. The second kappa shape index (κ2) is 7.31. The fraction of sp³-hybridized carbons (Fsp3) is 0.111. The van der Waals surface area contributed by atoms with Crippen molar-refractivity contribution >= 4 is 23.3 Å². The monoisotopic (exact) mass is 354 g/mol. The summed E-state index contributed by atoms with van der Waals surface area (Å²) in [5.74, 6) is -0.507. The van der Waals surface area contributed by atoms with Gasteiger partial charge in [-0.05, 0) is 36.8 Å². The molecule has 2 aromatic carbocycles. The number of Topliss-reactive ketones (excluding diaryl/α,β-unsaturated/α-hetero) is 1. The van der Waals surface area contributed by atoms with E-state index in [1.165, 1.54) is 23.7 Å². The molecule has 0 amide bonds. The quantitative estimate of drug-likeness (QED) is 0.409. The number of nitrogens with zero attached hydrogens (tertiary/aromatic N) is 4. The van der Waals surface area contributed by atoms with Crippen LogP contribution in [0, 0.1) is 12.7 Å². The lowest BCUT2D eigenvalue weighted by Gasteiger charge is -1.99. The van der Waals surface area contributed by atoms with Crippen molar-refractivity contribution in [1.29, 1.82) is 0 Å². The Balaban J connectivity index is 2.00. The van der Waals surface area contributed by atoms with E-state index in [4.69, 9.17) is 0 Å². The number of hydrogen-bond donors (Lipinski definition) is 0. The van der Waals surface area contributed by atoms with Crippen LogP contribution >= 0.6 is 11.3 Å². The van der Waals surface area contributed by atoms with Crippen molar-refractivity contribution in [3.63, 3.8) is 0 Å². The third-order valence-electron chi connectivity index (χ3n) is 3.36. The van der Waals surface area contributed by atoms with Gasteiger partial charge in [0.15, 0.2) is 10.8 Å². The van der Waals surface area contributed by atoms with Gasteiger partial charge in [0.05, 0.1) is 11.9 Å². The highest BCUT2D eigenvalue weighted by Crippen LogP contribution is 2.09. The molecule has 0 aliphatic rings. The molecular weight excluding hydrogens is 339 g/mol. The van der Waals surface area contributed by atoms with Crippen LogP contribution in [0.3, 0.4) is 0 Å². The third kappa shape index (κ3) is 4.13. The molecule has 0 saturated heterocycles. The molecule has 3 aromatic rings. The van der Waals surface area contributed by atoms with E-state index in [0.29, 0.717) is 15.5 Å². The highest BCUT2D eigenvalue weighted by atomic mass is 32.1. The van der Waals surface area contributed by atoms with E-state index < -0.39 is 0 Å². The number of hydrogen-bond acceptors (Lipinski definition) is 5. The number of rotatable bonds is 4. The molecule has 25 heavy (non-hydrogen) atoms. The molecule has 0 spiro atoms. The maximum absolute atomic E-state index is 13.1. The Morgan fingerprint density at radius 3 is 2.48 bits per heavy atom. The predicted octanol–water partition coefficient (Wildman–Crippen LogP) is 3.52. The summed E-state index contributed by atoms with van der Waals surface area (Å²) in [4.78, 5) is 12.0. The number of ketones is 1. The normalized spacial score (nSPS) is 12.0. The molecule has 3 rings (SSSR count). The molecular formula is C18H15FN4OS. The number of carbonyl (C=O) groups excluding carboxylic acids is 1. The zero-order chi connectivity index (χ0) is 17.8. The molecule has 0 N–H and O–H groups in total. The summed E-state index contributed by atoms with van der Waals surface area (Å²) < 4.78 is 14.6. The number of aromatic nitrogens is 2. The Labute approximate surface area is 147 Å². The zero-order valence-electron chi connectivity index (χ0n) is 13.7. The van der Waals surface area contributed by atoms with Crippen LogP contribution in [0.1, 0.15) is 27.9 Å². The van der Waals surface area contributed by atoms with E-state index >= 15 is 0 Å².